The number of para-hydroxylation sites is 5. The number of nitrogens with zero attached hydrogens (tertiary/aromatic N) is 2. The zero-order chi connectivity index (χ0) is 38.3. The van der Waals surface area contributed by atoms with Crippen molar-refractivity contribution in [3.05, 3.63) is 182 Å². The lowest BCUT2D eigenvalue weighted by Crippen LogP contribution is -1.96. The van der Waals surface area contributed by atoms with Gasteiger partial charge in [0.25, 0.3) is 0 Å². The van der Waals surface area contributed by atoms with Crippen molar-refractivity contribution in [2.75, 3.05) is 0 Å². The second-order valence-electron chi connectivity index (χ2n) is 15.6. The van der Waals surface area contributed by atoms with Crippen LogP contribution in [0.15, 0.2) is 195 Å². The topological polar surface area (TPSA) is 49.3 Å². The van der Waals surface area contributed by atoms with Gasteiger partial charge in [0, 0.05) is 60.0 Å². The van der Waals surface area contributed by atoms with Crippen molar-refractivity contribution < 1.29 is 13.3 Å². The molecular weight excluding hydrogens is 725 g/mol. The standard InChI is InChI=1S/C54H30N2O3/c1-2-11-32(12-3-1)55-43-27-25-39-36-14-5-8-19-48(36)58-53(39)50(43)41-29-42-46(30-45(41)55)56(44-28-26-40-37-15-6-9-20-49(37)59-54(40)51(42)44)33-23-21-31(22-24-33)34-16-10-17-38-35-13-4-7-18-47(35)57-52(34)38/h1-30H. The first-order chi connectivity index (χ1) is 29.3. The minimum Gasteiger partial charge on any atom is -0.455 e. The summed E-state index contributed by atoms with van der Waals surface area (Å²) in [6.45, 7) is 0. The van der Waals surface area contributed by atoms with Crippen molar-refractivity contribution in [1.82, 2.24) is 9.13 Å². The summed E-state index contributed by atoms with van der Waals surface area (Å²) in [5.74, 6) is 0. The molecule has 0 aliphatic rings. The quantitative estimate of drug-likeness (QED) is 0.180. The molecule has 0 saturated heterocycles. The maximum Gasteiger partial charge on any atom is 0.145 e. The molecule has 274 valence electrons. The molecule has 14 rings (SSSR count). The Labute approximate surface area is 335 Å². The summed E-state index contributed by atoms with van der Waals surface area (Å²) in [4.78, 5) is 0. The van der Waals surface area contributed by atoms with E-state index in [0.717, 1.165) is 132 Å². The van der Waals surface area contributed by atoms with E-state index in [2.05, 4.69) is 167 Å². The third-order valence-electron chi connectivity index (χ3n) is 12.5. The number of benzene rings is 9. The van der Waals surface area contributed by atoms with E-state index >= 15 is 0 Å². The minimum absolute atomic E-state index is 0.880. The van der Waals surface area contributed by atoms with E-state index in [1.54, 1.807) is 0 Å². The first kappa shape index (κ1) is 31.1. The summed E-state index contributed by atoms with van der Waals surface area (Å²) in [6, 6.07) is 64.5. The van der Waals surface area contributed by atoms with Crippen LogP contribution in [0.5, 0.6) is 0 Å². The van der Waals surface area contributed by atoms with E-state index in [1.165, 1.54) is 0 Å². The largest absolute Gasteiger partial charge is 0.455 e. The Morgan fingerprint density at radius 1 is 0.288 bits per heavy atom. The number of fused-ring (bicyclic) bond motifs is 17. The van der Waals surface area contributed by atoms with Crippen LogP contribution < -0.4 is 0 Å². The fraction of sp³-hybridized carbons (Fsp3) is 0. The van der Waals surface area contributed by atoms with Crippen molar-refractivity contribution in [2.24, 2.45) is 0 Å². The molecule has 0 atom stereocenters. The van der Waals surface area contributed by atoms with Gasteiger partial charge in [0.05, 0.1) is 32.8 Å². The molecule has 0 aliphatic heterocycles. The number of hydrogen-bond donors (Lipinski definition) is 0. The Hall–Kier alpha value is -8.02. The number of rotatable bonds is 3. The molecule has 5 aromatic heterocycles. The molecular formula is C54H30N2O3. The van der Waals surface area contributed by atoms with Gasteiger partial charge in [-0.2, -0.15) is 0 Å². The van der Waals surface area contributed by atoms with E-state index in [1.807, 2.05) is 24.3 Å². The lowest BCUT2D eigenvalue weighted by atomic mass is 10.0. The van der Waals surface area contributed by atoms with Crippen molar-refractivity contribution >= 4 is 109 Å². The molecule has 14 aromatic rings. The van der Waals surface area contributed by atoms with Crippen LogP contribution >= 0.6 is 0 Å². The first-order valence-corrected chi connectivity index (χ1v) is 20.0. The Bertz CT molecular complexity index is 4060. The molecule has 0 radical (unpaired) electrons. The van der Waals surface area contributed by atoms with Crippen LogP contribution in [0.1, 0.15) is 0 Å². The third kappa shape index (κ3) is 4.13. The second-order valence-corrected chi connectivity index (χ2v) is 15.6. The number of furan rings is 3. The van der Waals surface area contributed by atoms with Crippen molar-refractivity contribution in [1.29, 1.82) is 0 Å². The van der Waals surface area contributed by atoms with Crippen LogP contribution in [0.4, 0.5) is 0 Å². The maximum atomic E-state index is 6.80. The highest BCUT2D eigenvalue weighted by molar-refractivity contribution is 6.30. The Morgan fingerprint density at radius 2 is 0.746 bits per heavy atom. The lowest BCUT2D eigenvalue weighted by molar-refractivity contribution is 0.670. The predicted molar refractivity (Wildman–Crippen MR) is 242 cm³/mol. The van der Waals surface area contributed by atoms with Gasteiger partial charge < -0.3 is 22.4 Å². The predicted octanol–water partition coefficient (Wildman–Crippen LogP) is 15.2. The molecule has 0 N–H and O–H groups in total. The van der Waals surface area contributed by atoms with Crippen molar-refractivity contribution in [3.8, 4) is 22.5 Å². The molecule has 0 aliphatic carbocycles. The normalized spacial score (nSPS) is 12.4. The van der Waals surface area contributed by atoms with E-state index in [-0.39, 0.29) is 0 Å². The van der Waals surface area contributed by atoms with Gasteiger partial charge in [0.1, 0.15) is 33.5 Å². The van der Waals surface area contributed by atoms with Crippen molar-refractivity contribution in [3.63, 3.8) is 0 Å². The smallest absolute Gasteiger partial charge is 0.145 e. The summed E-state index contributed by atoms with van der Waals surface area (Å²) in [6.07, 6.45) is 0. The fourth-order valence-corrected chi connectivity index (χ4v) is 9.96. The summed E-state index contributed by atoms with van der Waals surface area (Å²) in [5.41, 5.74) is 14.0. The van der Waals surface area contributed by atoms with Gasteiger partial charge in [-0.05, 0) is 84.4 Å². The highest BCUT2D eigenvalue weighted by Gasteiger charge is 2.24. The van der Waals surface area contributed by atoms with Crippen LogP contribution in [0.3, 0.4) is 0 Å². The molecule has 0 saturated carbocycles. The van der Waals surface area contributed by atoms with E-state index < -0.39 is 0 Å². The van der Waals surface area contributed by atoms with Gasteiger partial charge in [0.15, 0.2) is 0 Å². The Morgan fingerprint density at radius 3 is 1.31 bits per heavy atom. The molecule has 0 amide bonds. The van der Waals surface area contributed by atoms with E-state index in [4.69, 9.17) is 13.3 Å². The zero-order valence-electron chi connectivity index (χ0n) is 31.4. The minimum atomic E-state index is 0.880. The van der Waals surface area contributed by atoms with Gasteiger partial charge in [0.2, 0.25) is 0 Å². The highest BCUT2D eigenvalue weighted by Crippen LogP contribution is 2.46. The SMILES string of the molecule is c1ccc(-n2c3cc4c(cc3c3c5oc6ccccc6c5ccc32)c2c3oc5ccccc5c3ccc2n4-c2ccc(-c3cccc4c3oc3ccccc34)cc2)cc1. The zero-order valence-corrected chi connectivity index (χ0v) is 31.4. The number of aromatic nitrogens is 2. The van der Waals surface area contributed by atoms with Crippen LogP contribution in [-0.4, -0.2) is 9.13 Å². The molecule has 5 nitrogen and oxygen atoms in total. The van der Waals surface area contributed by atoms with E-state index in [0.29, 0.717) is 0 Å². The van der Waals surface area contributed by atoms with Gasteiger partial charge in [-0.3, -0.25) is 0 Å². The average molecular weight is 755 g/mol. The summed E-state index contributed by atoms with van der Waals surface area (Å²) in [7, 11) is 0. The van der Waals surface area contributed by atoms with Gasteiger partial charge >= 0.3 is 0 Å². The number of hydrogen-bond acceptors (Lipinski definition) is 3. The second kappa shape index (κ2) is 11.3. The molecule has 9 aromatic carbocycles. The first-order valence-electron chi connectivity index (χ1n) is 20.0. The summed E-state index contributed by atoms with van der Waals surface area (Å²) in [5, 5.41) is 11.1. The van der Waals surface area contributed by atoms with Crippen molar-refractivity contribution in [2.45, 2.75) is 0 Å². The highest BCUT2D eigenvalue weighted by atomic mass is 16.3. The third-order valence-corrected chi connectivity index (χ3v) is 12.5. The summed E-state index contributed by atoms with van der Waals surface area (Å²) < 4.78 is 24.8. The molecule has 0 fully saturated rings. The Balaban J connectivity index is 1.10. The fourth-order valence-electron chi connectivity index (χ4n) is 9.96. The van der Waals surface area contributed by atoms with Crippen LogP contribution in [-0.2, 0) is 0 Å². The Kier molecular flexibility index (Phi) is 5.96. The van der Waals surface area contributed by atoms with Crippen LogP contribution in [0, 0.1) is 0 Å². The monoisotopic (exact) mass is 754 g/mol. The van der Waals surface area contributed by atoms with Gasteiger partial charge in [-0.25, -0.2) is 0 Å². The molecule has 5 heterocycles. The lowest BCUT2D eigenvalue weighted by Gasteiger charge is -2.11. The average Bonchev–Trinajstić information content (AvgIpc) is 4.10. The van der Waals surface area contributed by atoms with Crippen LogP contribution in [0.25, 0.3) is 132 Å². The van der Waals surface area contributed by atoms with Crippen LogP contribution in [0.2, 0.25) is 0 Å². The maximum absolute atomic E-state index is 6.80. The summed E-state index contributed by atoms with van der Waals surface area (Å²) >= 11 is 0. The molecule has 5 heteroatoms. The van der Waals surface area contributed by atoms with Gasteiger partial charge in [-0.15, -0.1) is 0 Å². The molecule has 0 bridgehead atoms. The molecule has 59 heavy (non-hydrogen) atoms. The van der Waals surface area contributed by atoms with E-state index in [9.17, 15) is 0 Å². The van der Waals surface area contributed by atoms with Gasteiger partial charge in [-0.1, -0.05) is 103 Å². The molecule has 0 spiro atoms. The molecule has 0 unspecified atom stereocenters.